The van der Waals surface area contributed by atoms with Crippen LogP contribution in [0.2, 0.25) is 0 Å². The lowest BCUT2D eigenvalue weighted by atomic mass is 9.89. The number of anilines is 4. The second kappa shape index (κ2) is 13.8. The minimum absolute atomic E-state index is 0.136. The molecule has 4 heterocycles. The van der Waals surface area contributed by atoms with Crippen LogP contribution >= 0.6 is 0 Å². The van der Waals surface area contributed by atoms with Gasteiger partial charge in [-0.3, -0.25) is 19.5 Å². The van der Waals surface area contributed by atoms with Crippen molar-refractivity contribution in [2.24, 2.45) is 0 Å². The summed E-state index contributed by atoms with van der Waals surface area (Å²) in [7, 11) is -3.81. The molecular weight excluding hydrogens is 620 g/mol. The number of benzene rings is 2. The maximum Gasteiger partial charge on any atom is 0.261 e. The molecule has 7 rings (SSSR count). The zero-order chi connectivity index (χ0) is 32.2. The van der Waals surface area contributed by atoms with Gasteiger partial charge in [-0.1, -0.05) is 19.3 Å². The van der Waals surface area contributed by atoms with Gasteiger partial charge in [-0.05, 0) is 55.3 Å². The van der Waals surface area contributed by atoms with Gasteiger partial charge in [-0.2, -0.15) is 20.1 Å². The number of nitrogens with zero attached hydrogens (tertiary/aromatic N) is 7. The van der Waals surface area contributed by atoms with E-state index in [1.165, 1.54) is 6.42 Å². The van der Waals surface area contributed by atoms with E-state index >= 15 is 0 Å². The van der Waals surface area contributed by atoms with Crippen molar-refractivity contribution in [2.75, 3.05) is 74.0 Å². The van der Waals surface area contributed by atoms with Crippen LogP contribution in [0.3, 0.4) is 0 Å². The van der Waals surface area contributed by atoms with Crippen molar-refractivity contribution in [3.63, 3.8) is 0 Å². The third kappa shape index (κ3) is 7.47. The molecule has 0 radical (unpaired) electrons. The molecule has 1 amide bonds. The largest absolute Gasteiger partial charge is 0.378 e. The second-order valence-corrected chi connectivity index (χ2v) is 14.0. The predicted octanol–water partition coefficient (Wildman–Crippen LogP) is 3.32. The van der Waals surface area contributed by atoms with E-state index in [-0.39, 0.29) is 16.7 Å². The minimum Gasteiger partial charge on any atom is -0.378 e. The van der Waals surface area contributed by atoms with Crippen LogP contribution < -0.4 is 14.9 Å². The molecule has 3 aliphatic rings. The number of ether oxygens (including phenoxy) is 1. The van der Waals surface area contributed by atoms with Crippen LogP contribution in [-0.4, -0.2) is 108 Å². The van der Waals surface area contributed by atoms with Gasteiger partial charge < -0.3 is 19.9 Å². The number of H-pyrrole nitrogens is 1. The van der Waals surface area contributed by atoms with Gasteiger partial charge in [-0.25, -0.2) is 8.42 Å². The highest BCUT2D eigenvalue weighted by atomic mass is 32.2. The van der Waals surface area contributed by atoms with Gasteiger partial charge in [0.1, 0.15) is 5.82 Å². The summed E-state index contributed by atoms with van der Waals surface area (Å²) in [6.45, 7) is 5.81. The highest BCUT2D eigenvalue weighted by molar-refractivity contribution is 7.92. The van der Waals surface area contributed by atoms with Gasteiger partial charge in [0.25, 0.3) is 10.0 Å². The zero-order valence-corrected chi connectivity index (χ0v) is 27.1. The van der Waals surface area contributed by atoms with Crippen LogP contribution in [0, 0.1) is 0 Å². The average Bonchev–Trinajstić information content (AvgIpc) is 3.57. The van der Waals surface area contributed by atoms with Crippen LogP contribution in [0.5, 0.6) is 0 Å². The molecule has 3 fully saturated rings. The number of carbonyl (C=O) groups is 1. The molecule has 0 spiro atoms. The molecule has 2 aromatic heterocycles. The number of sulfonamides is 1. The number of hydrogen-bond acceptors (Lipinski definition) is 11. The third-order valence-electron chi connectivity index (χ3n) is 9.10. The number of aromatic nitrogens is 5. The summed E-state index contributed by atoms with van der Waals surface area (Å²) in [5.74, 6) is 2.28. The maximum absolute atomic E-state index is 13.1. The van der Waals surface area contributed by atoms with Crippen molar-refractivity contribution in [2.45, 2.75) is 42.9 Å². The number of aromatic amines is 1. The number of amides is 1. The quantitative estimate of drug-likeness (QED) is 0.242. The highest BCUT2D eigenvalue weighted by Gasteiger charge is 2.26. The highest BCUT2D eigenvalue weighted by Crippen LogP contribution is 2.32. The van der Waals surface area contributed by atoms with E-state index in [2.05, 4.69) is 30.0 Å². The van der Waals surface area contributed by atoms with Gasteiger partial charge in [0, 0.05) is 56.3 Å². The van der Waals surface area contributed by atoms with Crippen molar-refractivity contribution in [1.29, 1.82) is 0 Å². The first-order chi connectivity index (χ1) is 22.9. The van der Waals surface area contributed by atoms with E-state index in [4.69, 9.17) is 19.7 Å². The van der Waals surface area contributed by atoms with Crippen molar-refractivity contribution in [1.82, 2.24) is 34.9 Å². The first-order valence-corrected chi connectivity index (χ1v) is 17.8. The summed E-state index contributed by atoms with van der Waals surface area (Å²) in [6.07, 6.45) is 7.33. The molecule has 2 saturated heterocycles. The minimum atomic E-state index is -3.81. The van der Waals surface area contributed by atoms with E-state index in [1.807, 2.05) is 11.0 Å². The molecule has 0 atom stereocenters. The predicted molar refractivity (Wildman–Crippen MR) is 178 cm³/mol. The van der Waals surface area contributed by atoms with E-state index < -0.39 is 10.0 Å². The zero-order valence-electron chi connectivity index (χ0n) is 26.3. The first-order valence-electron chi connectivity index (χ1n) is 16.3. The van der Waals surface area contributed by atoms with Gasteiger partial charge in [0.15, 0.2) is 0 Å². The number of hydrogen-bond donors (Lipinski definition) is 3. The second-order valence-electron chi connectivity index (χ2n) is 12.3. The topological polar surface area (TPSA) is 162 Å². The van der Waals surface area contributed by atoms with Crippen molar-refractivity contribution < 1.29 is 17.9 Å². The number of nitrogens with one attached hydrogen (secondary N) is 3. The van der Waals surface area contributed by atoms with Gasteiger partial charge >= 0.3 is 0 Å². The Hall–Kier alpha value is -4.34. The van der Waals surface area contributed by atoms with Crippen LogP contribution in [0.25, 0.3) is 10.9 Å². The Balaban J connectivity index is 1.04. The molecule has 2 aromatic carbocycles. The number of rotatable bonds is 9. The summed E-state index contributed by atoms with van der Waals surface area (Å²) in [4.78, 5) is 33.7. The summed E-state index contributed by atoms with van der Waals surface area (Å²) >= 11 is 0. The molecule has 47 heavy (non-hydrogen) atoms. The molecule has 14 nitrogen and oxygen atoms in total. The summed E-state index contributed by atoms with van der Waals surface area (Å²) in [6, 6.07) is 11.8. The summed E-state index contributed by atoms with van der Waals surface area (Å²) in [5.41, 5.74) is 1.86. The summed E-state index contributed by atoms with van der Waals surface area (Å²) < 4.78 is 34.3. The van der Waals surface area contributed by atoms with Gasteiger partial charge in [0.2, 0.25) is 17.8 Å². The molecule has 15 heteroatoms. The Kier molecular flexibility index (Phi) is 9.18. The van der Waals surface area contributed by atoms with E-state index in [9.17, 15) is 13.2 Å². The Morgan fingerprint density at radius 1 is 0.894 bits per heavy atom. The molecule has 1 aliphatic carbocycles. The van der Waals surface area contributed by atoms with Crippen LogP contribution in [0.1, 0.15) is 43.8 Å². The molecule has 0 bridgehead atoms. The smallest absolute Gasteiger partial charge is 0.261 e. The Morgan fingerprint density at radius 2 is 1.64 bits per heavy atom. The van der Waals surface area contributed by atoms with Crippen molar-refractivity contribution >= 4 is 50.1 Å². The molecular formula is C32H40N10O4S. The van der Waals surface area contributed by atoms with Crippen LogP contribution in [-0.2, 0) is 19.6 Å². The van der Waals surface area contributed by atoms with Crippen LogP contribution in [0.15, 0.2) is 53.6 Å². The van der Waals surface area contributed by atoms with Crippen LogP contribution in [0.4, 0.5) is 23.3 Å². The Morgan fingerprint density at radius 3 is 2.40 bits per heavy atom. The lowest BCUT2D eigenvalue weighted by Gasteiger charge is -2.36. The van der Waals surface area contributed by atoms with Crippen molar-refractivity contribution in [3.8, 4) is 0 Å². The lowest BCUT2D eigenvalue weighted by Crippen LogP contribution is -2.52. The number of fused-ring (bicyclic) bond motifs is 1. The monoisotopic (exact) mass is 660 g/mol. The fraction of sp³-hybridized carbons (Fsp3) is 0.469. The Bertz CT molecular complexity index is 1800. The SMILES string of the molecule is O=C(CN1CCN(c2nc(Nc3ccc(S(=O)(=O)Nc4ccc5cn[nH]c5c4)cc3)nc(C3CCCCC3)n2)CC1)N1CCOCC1. The molecule has 0 unspecified atom stereocenters. The fourth-order valence-electron chi connectivity index (χ4n) is 6.39. The standard InChI is InChI=1S/C32H40N10O4S/c43-29(41-16-18-46-19-17-41)22-40-12-14-42(15-13-40)32-36-30(23-4-2-1-3-5-23)35-31(37-32)34-25-8-10-27(11-9-25)47(44,45)39-26-7-6-24-21-33-38-28(24)20-26/h6-11,20-21,23,39H,1-5,12-19,22H2,(H,33,38)(H,34,35,36,37). The summed E-state index contributed by atoms with van der Waals surface area (Å²) in [5, 5.41) is 11.0. The van der Waals surface area contributed by atoms with E-state index in [0.29, 0.717) is 69.2 Å². The maximum atomic E-state index is 13.1. The molecule has 4 aromatic rings. The molecule has 248 valence electrons. The van der Waals surface area contributed by atoms with E-state index in [1.54, 1.807) is 42.6 Å². The third-order valence-corrected chi connectivity index (χ3v) is 10.5. The van der Waals surface area contributed by atoms with Gasteiger partial charge in [0.05, 0.1) is 42.1 Å². The molecule has 2 aliphatic heterocycles. The molecule has 3 N–H and O–H groups in total. The number of piperazine rings is 1. The normalized spacial score (nSPS) is 18.4. The lowest BCUT2D eigenvalue weighted by molar-refractivity contribution is -0.136. The Labute approximate surface area is 274 Å². The van der Waals surface area contributed by atoms with Gasteiger partial charge in [-0.15, -0.1) is 0 Å². The fourth-order valence-corrected chi connectivity index (χ4v) is 7.44. The number of carbonyl (C=O) groups excluding carboxylic acids is 1. The first kappa shape index (κ1) is 31.3. The van der Waals surface area contributed by atoms with E-state index in [0.717, 1.165) is 55.5 Å². The average molecular weight is 661 g/mol. The number of morpholine rings is 1. The molecule has 1 saturated carbocycles. The van der Waals surface area contributed by atoms with Crippen molar-refractivity contribution in [3.05, 3.63) is 54.5 Å².